The number of aromatic nitrogens is 3. The summed E-state index contributed by atoms with van der Waals surface area (Å²) in [6.07, 6.45) is 3.38. The lowest BCUT2D eigenvalue weighted by molar-refractivity contribution is 1.20. The van der Waals surface area contributed by atoms with Crippen molar-refractivity contribution >= 4 is 34.1 Å². The SMILES string of the molecule is Cc1cc(Cl)ccc1Nc1ncnc2[nH]ccc12. The van der Waals surface area contributed by atoms with Gasteiger partial charge in [-0.05, 0) is 36.8 Å². The van der Waals surface area contributed by atoms with Crippen LogP contribution in [-0.4, -0.2) is 15.0 Å². The lowest BCUT2D eigenvalue weighted by Crippen LogP contribution is -1.96. The Hall–Kier alpha value is -2.07. The molecule has 1 aromatic carbocycles. The molecule has 0 amide bonds. The Kier molecular flexibility index (Phi) is 2.64. The first-order valence-corrected chi connectivity index (χ1v) is 5.93. The Labute approximate surface area is 109 Å². The van der Waals surface area contributed by atoms with Crippen molar-refractivity contribution in [3.63, 3.8) is 0 Å². The normalized spacial score (nSPS) is 10.8. The summed E-state index contributed by atoms with van der Waals surface area (Å²) in [4.78, 5) is 11.5. The van der Waals surface area contributed by atoms with Crippen LogP contribution < -0.4 is 5.32 Å². The van der Waals surface area contributed by atoms with Crippen LogP contribution in [-0.2, 0) is 0 Å². The maximum atomic E-state index is 5.94. The van der Waals surface area contributed by atoms with Gasteiger partial charge in [0.2, 0.25) is 0 Å². The van der Waals surface area contributed by atoms with Crippen molar-refractivity contribution in [1.82, 2.24) is 15.0 Å². The summed E-state index contributed by atoms with van der Waals surface area (Å²) in [7, 11) is 0. The fourth-order valence-electron chi connectivity index (χ4n) is 1.87. The van der Waals surface area contributed by atoms with Gasteiger partial charge < -0.3 is 10.3 Å². The van der Waals surface area contributed by atoms with Crippen LogP contribution in [0.2, 0.25) is 5.02 Å². The molecule has 5 heteroatoms. The van der Waals surface area contributed by atoms with Crippen LogP contribution in [0.4, 0.5) is 11.5 Å². The van der Waals surface area contributed by atoms with Crippen LogP contribution in [0.1, 0.15) is 5.56 Å². The van der Waals surface area contributed by atoms with Gasteiger partial charge >= 0.3 is 0 Å². The number of nitrogens with zero attached hydrogens (tertiary/aromatic N) is 2. The maximum absolute atomic E-state index is 5.94. The molecule has 4 nitrogen and oxygen atoms in total. The van der Waals surface area contributed by atoms with Crippen molar-refractivity contribution in [2.24, 2.45) is 0 Å². The maximum Gasteiger partial charge on any atom is 0.143 e. The van der Waals surface area contributed by atoms with Gasteiger partial charge in [0.25, 0.3) is 0 Å². The Bertz CT molecular complexity index is 705. The van der Waals surface area contributed by atoms with Gasteiger partial charge in [-0.2, -0.15) is 0 Å². The minimum atomic E-state index is 0.729. The number of rotatable bonds is 2. The van der Waals surface area contributed by atoms with Gasteiger partial charge in [-0.15, -0.1) is 0 Å². The number of anilines is 2. The lowest BCUT2D eigenvalue weighted by atomic mass is 10.2. The van der Waals surface area contributed by atoms with E-state index in [-0.39, 0.29) is 0 Å². The summed E-state index contributed by atoms with van der Waals surface area (Å²) in [5.41, 5.74) is 2.88. The van der Waals surface area contributed by atoms with E-state index in [9.17, 15) is 0 Å². The largest absolute Gasteiger partial charge is 0.346 e. The van der Waals surface area contributed by atoms with Gasteiger partial charge in [-0.25, -0.2) is 9.97 Å². The van der Waals surface area contributed by atoms with Crippen molar-refractivity contribution in [3.05, 3.63) is 47.4 Å². The first kappa shape index (κ1) is 11.0. The summed E-state index contributed by atoms with van der Waals surface area (Å²) < 4.78 is 0. The van der Waals surface area contributed by atoms with E-state index in [1.54, 1.807) is 0 Å². The number of halogens is 1. The summed E-state index contributed by atoms with van der Waals surface area (Å²) in [5, 5.41) is 4.99. The van der Waals surface area contributed by atoms with Crippen molar-refractivity contribution < 1.29 is 0 Å². The van der Waals surface area contributed by atoms with E-state index in [1.807, 2.05) is 37.4 Å². The highest BCUT2D eigenvalue weighted by Crippen LogP contribution is 2.25. The van der Waals surface area contributed by atoms with Gasteiger partial charge in [0, 0.05) is 16.9 Å². The second kappa shape index (κ2) is 4.31. The molecule has 2 aromatic heterocycles. The topological polar surface area (TPSA) is 53.6 Å². The monoisotopic (exact) mass is 258 g/mol. The van der Waals surface area contributed by atoms with Gasteiger partial charge in [0.1, 0.15) is 17.8 Å². The highest BCUT2D eigenvalue weighted by Gasteiger charge is 2.06. The molecular weight excluding hydrogens is 248 g/mol. The molecule has 0 fully saturated rings. The first-order valence-electron chi connectivity index (χ1n) is 5.55. The third-order valence-electron chi connectivity index (χ3n) is 2.80. The lowest BCUT2D eigenvalue weighted by Gasteiger charge is -2.09. The van der Waals surface area contributed by atoms with Crippen LogP contribution in [0.5, 0.6) is 0 Å². The standard InChI is InChI=1S/C13H11ClN4/c1-8-6-9(14)2-3-11(8)18-13-10-4-5-15-12(10)16-7-17-13/h2-7H,1H3,(H2,15,16,17,18). The highest BCUT2D eigenvalue weighted by molar-refractivity contribution is 6.30. The Morgan fingerprint density at radius 3 is 2.94 bits per heavy atom. The fourth-order valence-corrected chi connectivity index (χ4v) is 2.09. The van der Waals surface area contributed by atoms with Gasteiger partial charge in [0.05, 0.1) is 5.39 Å². The second-order valence-electron chi connectivity index (χ2n) is 4.05. The average molecular weight is 259 g/mol. The van der Waals surface area contributed by atoms with E-state index < -0.39 is 0 Å². The second-order valence-corrected chi connectivity index (χ2v) is 4.48. The Balaban J connectivity index is 2.03. The quantitative estimate of drug-likeness (QED) is 0.737. The molecule has 0 aliphatic heterocycles. The van der Waals surface area contributed by atoms with Crippen molar-refractivity contribution in [2.45, 2.75) is 6.92 Å². The van der Waals surface area contributed by atoms with Crippen LogP contribution in [0.3, 0.4) is 0 Å². The molecule has 2 heterocycles. The number of hydrogen-bond donors (Lipinski definition) is 2. The summed E-state index contributed by atoms with van der Waals surface area (Å²) in [6.45, 7) is 2.00. The van der Waals surface area contributed by atoms with Crippen LogP contribution in [0, 0.1) is 6.92 Å². The first-order chi connectivity index (χ1) is 8.74. The molecular formula is C13H11ClN4. The van der Waals surface area contributed by atoms with Gasteiger partial charge in [-0.3, -0.25) is 0 Å². The summed E-state index contributed by atoms with van der Waals surface area (Å²) in [6, 6.07) is 7.66. The van der Waals surface area contributed by atoms with Crippen molar-refractivity contribution in [1.29, 1.82) is 0 Å². The molecule has 0 aliphatic carbocycles. The van der Waals surface area contributed by atoms with Gasteiger partial charge in [0.15, 0.2) is 0 Å². The number of aromatic amines is 1. The number of fused-ring (bicyclic) bond motifs is 1. The summed E-state index contributed by atoms with van der Waals surface area (Å²) in [5.74, 6) is 0.784. The number of aryl methyl sites for hydroxylation is 1. The van der Waals surface area contributed by atoms with E-state index in [2.05, 4.69) is 20.3 Å². The predicted octanol–water partition coefficient (Wildman–Crippen LogP) is 3.66. The molecule has 0 spiro atoms. The molecule has 0 aliphatic rings. The molecule has 90 valence electrons. The van der Waals surface area contributed by atoms with Crippen LogP contribution in [0.25, 0.3) is 11.0 Å². The molecule has 0 saturated carbocycles. The number of H-pyrrole nitrogens is 1. The molecule has 0 atom stereocenters. The van der Waals surface area contributed by atoms with Gasteiger partial charge in [-0.1, -0.05) is 11.6 Å². The molecule has 18 heavy (non-hydrogen) atoms. The predicted molar refractivity (Wildman–Crippen MR) is 73.4 cm³/mol. The number of hydrogen-bond acceptors (Lipinski definition) is 3. The van der Waals surface area contributed by atoms with E-state index in [4.69, 9.17) is 11.6 Å². The summed E-state index contributed by atoms with van der Waals surface area (Å²) >= 11 is 5.94. The van der Waals surface area contributed by atoms with E-state index in [0.29, 0.717) is 0 Å². The van der Waals surface area contributed by atoms with Crippen LogP contribution >= 0.6 is 11.6 Å². The van der Waals surface area contributed by atoms with Crippen molar-refractivity contribution in [3.8, 4) is 0 Å². The minimum Gasteiger partial charge on any atom is -0.346 e. The number of nitrogens with one attached hydrogen (secondary N) is 2. The van der Waals surface area contributed by atoms with E-state index in [1.165, 1.54) is 6.33 Å². The molecule has 2 N–H and O–H groups in total. The zero-order chi connectivity index (χ0) is 12.5. The third kappa shape index (κ3) is 1.91. The molecule has 0 unspecified atom stereocenters. The molecule has 3 rings (SSSR count). The Morgan fingerprint density at radius 1 is 1.22 bits per heavy atom. The van der Waals surface area contributed by atoms with Crippen molar-refractivity contribution in [2.75, 3.05) is 5.32 Å². The molecule has 0 radical (unpaired) electrons. The smallest absolute Gasteiger partial charge is 0.143 e. The zero-order valence-electron chi connectivity index (χ0n) is 9.74. The third-order valence-corrected chi connectivity index (χ3v) is 3.03. The molecule has 0 saturated heterocycles. The number of benzene rings is 1. The van der Waals surface area contributed by atoms with E-state index >= 15 is 0 Å². The van der Waals surface area contributed by atoms with E-state index in [0.717, 1.165) is 33.1 Å². The van der Waals surface area contributed by atoms with Crippen LogP contribution in [0.15, 0.2) is 36.8 Å². The molecule has 3 aromatic rings. The zero-order valence-corrected chi connectivity index (χ0v) is 10.5. The minimum absolute atomic E-state index is 0.729. The Morgan fingerprint density at radius 2 is 2.11 bits per heavy atom. The average Bonchev–Trinajstić information content (AvgIpc) is 2.82. The molecule has 0 bridgehead atoms. The highest BCUT2D eigenvalue weighted by atomic mass is 35.5. The fraction of sp³-hybridized carbons (Fsp3) is 0.0769.